The van der Waals surface area contributed by atoms with Gasteiger partial charge in [-0.3, -0.25) is 9.69 Å². The molecule has 0 saturated carbocycles. The Morgan fingerprint density at radius 2 is 1.83 bits per heavy atom. The van der Waals surface area contributed by atoms with Gasteiger partial charge in [-0.2, -0.15) is 0 Å². The lowest BCUT2D eigenvalue weighted by Crippen LogP contribution is -2.51. The molecule has 0 unspecified atom stereocenters. The topological polar surface area (TPSA) is 88.4 Å². The third-order valence-electron chi connectivity index (χ3n) is 5.87. The van der Waals surface area contributed by atoms with Crippen molar-refractivity contribution in [2.45, 2.75) is 39.9 Å². The van der Waals surface area contributed by atoms with Crippen LogP contribution in [0.15, 0.2) is 48.8 Å². The Balaban J connectivity index is 1.21. The van der Waals surface area contributed by atoms with Gasteiger partial charge in [0.05, 0.1) is 5.69 Å². The molecule has 1 aromatic carbocycles. The zero-order valence-corrected chi connectivity index (χ0v) is 21.5. The first-order valence-corrected chi connectivity index (χ1v) is 12.3. The van der Waals surface area contributed by atoms with Gasteiger partial charge in [-0.1, -0.05) is 12.1 Å². The number of benzene rings is 1. The first kappa shape index (κ1) is 25.5. The predicted octanol–water partition coefficient (Wildman–Crippen LogP) is 3.50. The molecular formula is C27H35N5O4. The molecule has 2 aromatic heterocycles. The fraction of sp³-hybridized carbons (Fsp3) is 0.444. The molecule has 2 amide bonds. The highest BCUT2D eigenvalue weighted by Crippen LogP contribution is 2.16. The number of nitrogens with zero attached hydrogens (tertiary/aromatic N) is 4. The van der Waals surface area contributed by atoms with E-state index in [-0.39, 0.29) is 12.0 Å². The largest absolute Gasteiger partial charge is 0.487 e. The van der Waals surface area contributed by atoms with Crippen LogP contribution in [0.1, 0.15) is 42.4 Å². The van der Waals surface area contributed by atoms with E-state index in [1.165, 1.54) is 0 Å². The van der Waals surface area contributed by atoms with Crippen LogP contribution in [0.3, 0.4) is 0 Å². The van der Waals surface area contributed by atoms with E-state index in [4.69, 9.17) is 9.47 Å². The zero-order chi connectivity index (χ0) is 25.7. The molecule has 1 aliphatic heterocycles. The standard InChI is InChI=1S/C27H35N5O4/c1-20-8-9-24-29-22(18-32(24)17-20)19-35-23-7-5-6-21(16-23)25(33)28-10-11-30-12-14-31(15-13-30)26(34)36-27(2,3)4/h5-9,16-18H,10-15,19H2,1-4H3,(H,28,33). The van der Waals surface area contributed by atoms with E-state index in [1.807, 2.05) is 68.8 Å². The van der Waals surface area contributed by atoms with Crippen molar-refractivity contribution in [2.24, 2.45) is 0 Å². The maximum absolute atomic E-state index is 12.7. The van der Waals surface area contributed by atoms with E-state index >= 15 is 0 Å². The number of carbonyl (C=O) groups excluding carboxylic acids is 2. The summed E-state index contributed by atoms with van der Waals surface area (Å²) in [5, 5.41) is 2.98. The maximum atomic E-state index is 12.7. The Bertz CT molecular complexity index is 1210. The molecule has 3 aromatic rings. The van der Waals surface area contributed by atoms with Gasteiger partial charge in [0.1, 0.15) is 23.6 Å². The van der Waals surface area contributed by atoms with Gasteiger partial charge < -0.3 is 24.1 Å². The Labute approximate surface area is 212 Å². The first-order valence-electron chi connectivity index (χ1n) is 12.3. The molecule has 1 N–H and O–H groups in total. The SMILES string of the molecule is Cc1ccc2nc(COc3cccc(C(=O)NCCN4CCN(C(=O)OC(C)(C)C)CC4)c3)cn2c1. The maximum Gasteiger partial charge on any atom is 0.410 e. The minimum atomic E-state index is -0.492. The summed E-state index contributed by atoms with van der Waals surface area (Å²) in [5.74, 6) is 0.477. The van der Waals surface area contributed by atoms with Crippen molar-refractivity contribution in [3.05, 3.63) is 65.6 Å². The summed E-state index contributed by atoms with van der Waals surface area (Å²) in [5.41, 5.74) is 2.91. The highest BCUT2D eigenvalue weighted by atomic mass is 16.6. The molecule has 1 fully saturated rings. The van der Waals surface area contributed by atoms with Crippen molar-refractivity contribution in [1.82, 2.24) is 24.5 Å². The number of carbonyl (C=O) groups is 2. The van der Waals surface area contributed by atoms with Crippen LogP contribution in [0.25, 0.3) is 5.65 Å². The Morgan fingerprint density at radius 3 is 2.58 bits per heavy atom. The molecule has 0 aliphatic carbocycles. The van der Waals surface area contributed by atoms with Gasteiger partial charge in [-0.15, -0.1) is 0 Å². The van der Waals surface area contributed by atoms with Crippen LogP contribution in [-0.2, 0) is 11.3 Å². The summed E-state index contributed by atoms with van der Waals surface area (Å²) >= 11 is 0. The Kier molecular flexibility index (Phi) is 7.79. The molecule has 0 bridgehead atoms. The summed E-state index contributed by atoms with van der Waals surface area (Å²) in [7, 11) is 0. The summed E-state index contributed by atoms with van der Waals surface area (Å²) in [6.45, 7) is 12.0. The van der Waals surface area contributed by atoms with E-state index in [0.29, 0.717) is 37.6 Å². The van der Waals surface area contributed by atoms with Crippen molar-refractivity contribution in [3.8, 4) is 5.75 Å². The van der Waals surface area contributed by atoms with Crippen LogP contribution in [0.5, 0.6) is 5.75 Å². The van der Waals surface area contributed by atoms with Crippen LogP contribution in [0, 0.1) is 6.92 Å². The second-order valence-corrected chi connectivity index (χ2v) is 10.1. The van der Waals surface area contributed by atoms with Crippen molar-refractivity contribution in [3.63, 3.8) is 0 Å². The monoisotopic (exact) mass is 493 g/mol. The number of amides is 2. The number of fused-ring (bicyclic) bond motifs is 1. The molecule has 9 nitrogen and oxygen atoms in total. The smallest absolute Gasteiger partial charge is 0.410 e. The number of ether oxygens (including phenoxy) is 2. The number of piperazine rings is 1. The number of hydrogen-bond donors (Lipinski definition) is 1. The third-order valence-corrected chi connectivity index (χ3v) is 5.87. The van der Waals surface area contributed by atoms with Gasteiger partial charge in [-0.25, -0.2) is 9.78 Å². The quantitative estimate of drug-likeness (QED) is 0.542. The van der Waals surface area contributed by atoms with E-state index in [2.05, 4.69) is 15.2 Å². The molecule has 0 atom stereocenters. The van der Waals surface area contributed by atoms with Crippen LogP contribution < -0.4 is 10.1 Å². The minimum absolute atomic E-state index is 0.143. The van der Waals surface area contributed by atoms with Gasteiger partial charge in [0.25, 0.3) is 5.91 Å². The average Bonchev–Trinajstić information content (AvgIpc) is 3.24. The van der Waals surface area contributed by atoms with Crippen LogP contribution in [-0.4, -0.2) is 76.1 Å². The molecule has 0 radical (unpaired) electrons. The molecule has 1 aliphatic rings. The molecule has 192 valence electrons. The summed E-state index contributed by atoms with van der Waals surface area (Å²) < 4.78 is 13.3. The lowest BCUT2D eigenvalue weighted by molar-refractivity contribution is 0.0147. The average molecular weight is 494 g/mol. The second-order valence-electron chi connectivity index (χ2n) is 10.1. The Morgan fingerprint density at radius 1 is 1.06 bits per heavy atom. The Hall–Kier alpha value is -3.59. The van der Waals surface area contributed by atoms with Crippen molar-refractivity contribution in [2.75, 3.05) is 39.3 Å². The highest BCUT2D eigenvalue weighted by molar-refractivity contribution is 5.94. The van der Waals surface area contributed by atoms with Crippen LogP contribution in [0.4, 0.5) is 4.79 Å². The predicted molar refractivity (Wildman–Crippen MR) is 137 cm³/mol. The second kappa shape index (κ2) is 11.0. The van der Waals surface area contributed by atoms with Gasteiger partial charge in [-0.05, 0) is 57.5 Å². The first-order chi connectivity index (χ1) is 17.2. The highest BCUT2D eigenvalue weighted by Gasteiger charge is 2.25. The number of nitrogens with one attached hydrogen (secondary N) is 1. The summed E-state index contributed by atoms with van der Waals surface area (Å²) in [6.07, 6.45) is 3.71. The number of imidazole rings is 1. The van der Waals surface area contributed by atoms with Gasteiger partial charge in [0.15, 0.2) is 0 Å². The van der Waals surface area contributed by atoms with E-state index in [0.717, 1.165) is 36.5 Å². The number of rotatable bonds is 7. The van der Waals surface area contributed by atoms with E-state index in [1.54, 1.807) is 17.0 Å². The molecule has 4 rings (SSSR count). The summed E-state index contributed by atoms with van der Waals surface area (Å²) in [6, 6.07) is 11.2. The van der Waals surface area contributed by atoms with Crippen molar-refractivity contribution in [1.29, 1.82) is 0 Å². The molecule has 36 heavy (non-hydrogen) atoms. The number of aromatic nitrogens is 2. The van der Waals surface area contributed by atoms with Crippen molar-refractivity contribution >= 4 is 17.6 Å². The van der Waals surface area contributed by atoms with Gasteiger partial charge in [0, 0.05) is 57.2 Å². The van der Waals surface area contributed by atoms with E-state index < -0.39 is 5.60 Å². The lowest BCUT2D eigenvalue weighted by atomic mass is 10.2. The molecule has 1 saturated heterocycles. The van der Waals surface area contributed by atoms with E-state index in [9.17, 15) is 9.59 Å². The number of aryl methyl sites for hydroxylation is 1. The number of pyridine rings is 1. The fourth-order valence-electron chi connectivity index (χ4n) is 4.02. The molecule has 0 spiro atoms. The van der Waals surface area contributed by atoms with Crippen LogP contribution >= 0.6 is 0 Å². The molecule has 3 heterocycles. The summed E-state index contributed by atoms with van der Waals surface area (Å²) in [4.78, 5) is 33.4. The molecule has 9 heteroatoms. The van der Waals surface area contributed by atoms with Gasteiger partial charge >= 0.3 is 6.09 Å². The van der Waals surface area contributed by atoms with Gasteiger partial charge in [0.2, 0.25) is 0 Å². The lowest BCUT2D eigenvalue weighted by Gasteiger charge is -2.35. The minimum Gasteiger partial charge on any atom is -0.487 e. The normalized spacial score (nSPS) is 14.6. The fourth-order valence-corrected chi connectivity index (χ4v) is 4.02. The third kappa shape index (κ3) is 6.97. The van der Waals surface area contributed by atoms with Crippen LogP contribution in [0.2, 0.25) is 0 Å². The zero-order valence-electron chi connectivity index (χ0n) is 21.5. The number of hydrogen-bond acceptors (Lipinski definition) is 6. The van der Waals surface area contributed by atoms with Crippen molar-refractivity contribution < 1.29 is 19.1 Å². The molecular weight excluding hydrogens is 458 g/mol.